The van der Waals surface area contributed by atoms with E-state index in [1.807, 2.05) is 36.2 Å². The third kappa shape index (κ3) is 4.78. The van der Waals surface area contributed by atoms with E-state index in [1.54, 1.807) is 23.9 Å². The molecular weight excluding hydrogens is 330 g/mol. The van der Waals surface area contributed by atoms with Crippen LogP contribution < -0.4 is 15.2 Å². The predicted molar refractivity (Wildman–Crippen MR) is 92.6 cm³/mol. The van der Waals surface area contributed by atoms with E-state index in [1.165, 1.54) is 0 Å². The van der Waals surface area contributed by atoms with Gasteiger partial charge in [0.2, 0.25) is 11.8 Å². The molecule has 1 heterocycles. The first kappa shape index (κ1) is 18.4. The van der Waals surface area contributed by atoms with Crippen LogP contribution in [-0.2, 0) is 9.59 Å². The highest BCUT2D eigenvalue weighted by Gasteiger charge is 2.32. The van der Waals surface area contributed by atoms with Crippen molar-refractivity contribution in [1.29, 1.82) is 0 Å². The van der Waals surface area contributed by atoms with Crippen LogP contribution in [0.2, 0.25) is 0 Å². The van der Waals surface area contributed by atoms with Crippen LogP contribution in [0.15, 0.2) is 24.3 Å². The molecule has 1 saturated heterocycles. The molecule has 2 N–H and O–H groups in total. The summed E-state index contributed by atoms with van der Waals surface area (Å²) >= 11 is 1.72. The number of amides is 2. The zero-order valence-electron chi connectivity index (χ0n) is 13.9. The SMILES string of the molecule is CCN(C(=O)CC(N)=O)N1CCSC1COc1ccc(OC)cc1. The van der Waals surface area contributed by atoms with Crippen LogP contribution in [0.5, 0.6) is 11.5 Å². The highest BCUT2D eigenvalue weighted by molar-refractivity contribution is 8.00. The molecule has 1 atom stereocenters. The molecule has 1 aliphatic heterocycles. The first-order chi connectivity index (χ1) is 11.5. The molecule has 0 aromatic heterocycles. The number of hydrazine groups is 1. The lowest BCUT2D eigenvalue weighted by Gasteiger charge is -2.34. The number of thioether (sulfide) groups is 1. The van der Waals surface area contributed by atoms with E-state index in [9.17, 15) is 9.59 Å². The molecule has 0 bridgehead atoms. The maximum absolute atomic E-state index is 12.2. The number of hydrogen-bond acceptors (Lipinski definition) is 6. The summed E-state index contributed by atoms with van der Waals surface area (Å²) in [5.41, 5.74) is 5.13. The molecule has 1 aromatic rings. The molecule has 0 spiro atoms. The average molecular weight is 353 g/mol. The van der Waals surface area contributed by atoms with Gasteiger partial charge in [-0.25, -0.2) is 5.01 Å². The molecule has 1 fully saturated rings. The Labute approximate surface area is 146 Å². The normalized spacial score (nSPS) is 17.5. The Morgan fingerprint density at radius 2 is 2.00 bits per heavy atom. The van der Waals surface area contributed by atoms with E-state index in [2.05, 4.69) is 0 Å². The Hall–Kier alpha value is -1.93. The summed E-state index contributed by atoms with van der Waals surface area (Å²) < 4.78 is 10.9. The molecule has 24 heavy (non-hydrogen) atoms. The van der Waals surface area contributed by atoms with Gasteiger partial charge >= 0.3 is 0 Å². The maximum atomic E-state index is 12.2. The smallest absolute Gasteiger partial charge is 0.246 e. The highest BCUT2D eigenvalue weighted by Crippen LogP contribution is 2.27. The molecule has 0 radical (unpaired) electrons. The van der Waals surface area contributed by atoms with Crippen molar-refractivity contribution >= 4 is 23.6 Å². The standard InChI is InChI=1S/C16H23N3O4S/c1-3-18(15(21)10-14(17)20)19-8-9-24-16(19)11-23-13-6-4-12(22-2)5-7-13/h4-7,16H,3,8-11H2,1-2H3,(H2,17,20). The Morgan fingerprint density at radius 3 is 2.58 bits per heavy atom. The Bertz CT molecular complexity index is 567. The number of nitrogens with two attached hydrogens (primary N) is 1. The first-order valence-corrected chi connectivity index (χ1v) is 8.83. The number of benzene rings is 1. The molecular formula is C16H23N3O4S. The second-order valence-electron chi connectivity index (χ2n) is 5.23. The van der Waals surface area contributed by atoms with E-state index in [0.717, 1.165) is 23.8 Å². The van der Waals surface area contributed by atoms with Gasteiger partial charge < -0.3 is 15.2 Å². The topological polar surface area (TPSA) is 85.1 Å². The second kappa shape index (κ2) is 8.79. The lowest BCUT2D eigenvalue weighted by atomic mass is 10.3. The molecule has 132 valence electrons. The fraction of sp³-hybridized carbons (Fsp3) is 0.500. The maximum Gasteiger partial charge on any atom is 0.246 e. The number of nitrogens with zero attached hydrogens (tertiary/aromatic N) is 2. The monoisotopic (exact) mass is 353 g/mol. The fourth-order valence-corrected chi connectivity index (χ4v) is 3.62. The summed E-state index contributed by atoms with van der Waals surface area (Å²) in [5, 5.41) is 3.57. The number of ether oxygens (including phenoxy) is 2. The van der Waals surface area contributed by atoms with Crippen molar-refractivity contribution in [2.75, 3.05) is 32.6 Å². The Balaban J connectivity index is 1.95. The van der Waals surface area contributed by atoms with Gasteiger partial charge in [-0.3, -0.25) is 14.6 Å². The summed E-state index contributed by atoms with van der Waals surface area (Å²) in [6.07, 6.45) is -0.277. The van der Waals surface area contributed by atoms with E-state index in [0.29, 0.717) is 13.2 Å². The molecule has 8 heteroatoms. The van der Waals surface area contributed by atoms with Gasteiger partial charge in [-0.15, -0.1) is 11.8 Å². The van der Waals surface area contributed by atoms with Crippen LogP contribution in [0, 0.1) is 0 Å². The van der Waals surface area contributed by atoms with Crippen molar-refractivity contribution in [2.45, 2.75) is 18.7 Å². The van der Waals surface area contributed by atoms with Crippen molar-refractivity contribution in [3.05, 3.63) is 24.3 Å². The molecule has 1 unspecified atom stereocenters. The number of rotatable bonds is 8. The quantitative estimate of drug-likeness (QED) is 0.704. The largest absolute Gasteiger partial charge is 0.497 e. The molecule has 2 amide bonds. The molecule has 2 rings (SSSR count). The minimum Gasteiger partial charge on any atom is -0.497 e. The number of primary amides is 1. The van der Waals surface area contributed by atoms with Crippen LogP contribution in [0.1, 0.15) is 13.3 Å². The van der Waals surface area contributed by atoms with E-state index < -0.39 is 5.91 Å². The van der Waals surface area contributed by atoms with Gasteiger partial charge in [0, 0.05) is 18.8 Å². The highest BCUT2D eigenvalue weighted by atomic mass is 32.2. The lowest BCUT2D eigenvalue weighted by Crippen LogP contribution is -2.50. The zero-order valence-corrected chi connectivity index (χ0v) is 14.8. The number of carbonyl (C=O) groups excluding carboxylic acids is 2. The Morgan fingerprint density at radius 1 is 1.33 bits per heavy atom. The average Bonchev–Trinajstić information content (AvgIpc) is 3.01. The predicted octanol–water partition coefficient (Wildman–Crippen LogP) is 1.09. The van der Waals surface area contributed by atoms with Crippen LogP contribution in [-0.4, -0.2) is 59.8 Å². The minimum absolute atomic E-state index is 0.0175. The van der Waals surface area contributed by atoms with Gasteiger partial charge in [-0.1, -0.05) is 0 Å². The van der Waals surface area contributed by atoms with Crippen molar-refractivity contribution in [3.63, 3.8) is 0 Å². The van der Waals surface area contributed by atoms with Crippen LogP contribution in [0.4, 0.5) is 0 Å². The summed E-state index contributed by atoms with van der Waals surface area (Å²) in [4.78, 5) is 23.2. The van der Waals surface area contributed by atoms with Crippen molar-refractivity contribution in [2.24, 2.45) is 5.73 Å². The fourth-order valence-electron chi connectivity index (χ4n) is 2.50. The van der Waals surface area contributed by atoms with Gasteiger partial charge in [-0.05, 0) is 31.2 Å². The van der Waals surface area contributed by atoms with Crippen LogP contribution in [0.3, 0.4) is 0 Å². The minimum atomic E-state index is -0.615. The van der Waals surface area contributed by atoms with Crippen LogP contribution in [0.25, 0.3) is 0 Å². The van der Waals surface area contributed by atoms with Crippen molar-refractivity contribution in [3.8, 4) is 11.5 Å². The molecule has 7 nitrogen and oxygen atoms in total. The van der Waals surface area contributed by atoms with Gasteiger partial charge in [0.05, 0.1) is 7.11 Å². The van der Waals surface area contributed by atoms with Gasteiger partial charge in [0.15, 0.2) is 0 Å². The number of carbonyl (C=O) groups is 2. The lowest BCUT2D eigenvalue weighted by molar-refractivity contribution is -0.151. The van der Waals surface area contributed by atoms with Gasteiger partial charge in [0.25, 0.3) is 0 Å². The third-order valence-electron chi connectivity index (χ3n) is 3.64. The molecule has 1 aliphatic rings. The van der Waals surface area contributed by atoms with Crippen LogP contribution >= 0.6 is 11.8 Å². The third-order valence-corrected chi connectivity index (χ3v) is 4.82. The summed E-state index contributed by atoms with van der Waals surface area (Å²) in [6.45, 7) is 3.55. The number of hydrogen-bond donors (Lipinski definition) is 1. The molecule has 1 aromatic carbocycles. The van der Waals surface area contributed by atoms with E-state index >= 15 is 0 Å². The van der Waals surface area contributed by atoms with E-state index in [4.69, 9.17) is 15.2 Å². The van der Waals surface area contributed by atoms with Gasteiger partial charge in [-0.2, -0.15) is 0 Å². The molecule has 0 saturated carbocycles. The number of methoxy groups -OCH3 is 1. The van der Waals surface area contributed by atoms with Gasteiger partial charge in [0.1, 0.15) is 29.9 Å². The van der Waals surface area contributed by atoms with Crippen molar-refractivity contribution in [1.82, 2.24) is 10.0 Å². The summed E-state index contributed by atoms with van der Waals surface area (Å²) in [5.74, 6) is 1.53. The second-order valence-corrected chi connectivity index (χ2v) is 6.51. The zero-order chi connectivity index (χ0) is 17.5. The summed E-state index contributed by atoms with van der Waals surface area (Å²) in [7, 11) is 1.62. The summed E-state index contributed by atoms with van der Waals surface area (Å²) in [6, 6.07) is 7.37. The Kier molecular flexibility index (Phi) is 6.74. The molecule has 0 aliphatic carbocycles. The van der Waals surface area contributed by atoms with E-state index in [-0.39, 0.29) is 17.7 Å². The van der Waals surface area contributed by atoms with Crippen molar-refractivity contribution < 1.29 is 19.1 Å². The first-order valence-electron chi connectivity index (χ1n) is 7.78.